The zero-order chi connectivity index (χ0) is 13.0. The van der Waals surface area contributed by atoms with Gasteiger partial charge in [0.05, 0.1) is 0 Å². The van der Waals surface area contributed by atoms with Crippen LogP contribution in [-0.4, -0.2) is 18.7 Å². The van der Waals surface area contributed by atoms with E-state index in [1.807, 2.05) is 12.1 Å². The van der Waals surface area contributed by atoms with E-state index >= 15 is 0 Å². The van der Waals surface area contributed by atoms with Crippen molar-refractivity contribution >= 4 is 23.4 Å². The summed E-state index contributed by atoms with van der Waals surface area (Å²) in [5, 5.41) is 2.64. The van der Waals surface area contributed by atoms with E-state index in [2.05, 4.69) is 5.32 Å². The second-order valence-corrected chi connectivity index (χ2v) is 5.86. The largest absolute Gasteiger partial charge is 0.398 e. The van der Waals surface area contributed by atoms with Crippen molar-refractivity contribution in [2.24, 2.45) is 5.92 Å². The number of carbonyl (C=O) groups excluding carboxylic acids is 1. The van der Waals surface area contributed by atoms with Crippen LogP contribution in [0.15, 0.2) is 23.1 Å². The second-order valence-electron chi connectivity index (χ2n) is 4.79. The number of rotatable bonds is 4. The monoisotopic (exact) mass is 264 g/mol. The van der Waals surface area contributed by atoms with E-state index in [9.17, 15) is 4.79 Å². The zero-order valence-electron chi connectivity index (χ0n) is 10.7. The molecule has 0 aromatic heterocycles. The van der Waals surface area contributed by atoms with Gasteiger partial charge in [0.2, 0.25) is 0 Å². The number of hydrogen-bond donors (Lipinski definition) is 2. The Morgan fingerprint density at radius 1 is 1.44 bits per heavy atom. The zero-order valence-corrected chi connectivity index (χ0v) is 11.6. The summed E-state index contributed by atoms with van der Waals surface area (Å²) in [6.07, 6.45) is 5.39. The van der Waals surface area contributed by atoms with Crippen LogP contribution in [0.3, 0.4) is 0 Å². The molecule has 18 heavy (non-hydrogen) atoms. The number of anilines is 1. The highest BCUT2D eigenvalue weighted by Gasteiger charge is 2.16. The topological polar surface area (TPSA) is 55.1 Å². The van der Waals surface area contributed by atoms with Gasteiger partial charge in [-0.05, 0) is 37.0 Å². The summed E-state index contributed by atoms with van der Waals surface area (Å²) in [7, 11) is 1.64. The molecule has 0 atom stereocenters. The normalized spacial score (nSPS) is 15.8. The average Bonchev–Trinajstić information content (AvgIpc) is 2.90. The van der Waals surface area contributed by atoms with E-state index in [4.69, 9.17) is 5.73 Å². The van der Waals surface area contributed by atoms with Crippen molar-refractivity contribution in [1.29, 1.82) is 0 Å². The Bertz CT molecular complexity index is 428. The Balaban J connectivity index is 2.03. The first kappa shape index (κ1) is 13.3. The predicted molar refractivity (Wildman–Crippen MR) is 76.9 cm³/mol. The minimum absolute atomic E-state index is 0.0577. The quantitative estimate of drug-likeness (QED) is 0.649. The fourth-order valence-electron chi connectivity index (χ4n) is 2.33. The molecule has 2 rings (SSSR count). The summed E-state index contributed by atoms with van der Waals surface area (Å²) in [5.74, 6) is 1.87. The van der Waals surface area contributed by atoms with Crippen molar-refractivity contribution < 1.29 is 4.79 Å². The van der Waals surface area contributed by atoms with Crippen LogP contribution < -0.4 is 11.1 Å². The summed E-state index contributed by atoms with van der Waals surface area (Å²) in [4.78, 5) is 12.6. The van der Waals surface area contributed by atoms with Gasteiger partial charge in [0.25, 0.3) is 5.91 Å². The first-order valence-corrected chi connectivity index (χ1v) is 7.43. The molecule has 1 aliphatic carbocycles. The van der Waals surface area contributed by atoms with Gasteiger partial charge in [-0.15, -0.1) is 11.8 Å². The van der Waals surface area contributed by atoms with Gasteiger partial charge in [-0.2, -0.15) is 0 Å². The number of nitrogen functional groups attached to an aromatic ring is 1. The molecule has 0 aliphatic heterocycles. The molecule has 1 saturated carbocycles. The van der Waals surface area contributed by atoms with E-state index in [0.29, 0.717) is 5.56 Å². The van der Waals surface area contributed by atoms with Crippen LogP contribution in [0.5, 0.6) is 0 Å². The van der Waals surface area contributed by atoms with Crippen LogP contribution >= 0.6 is 11.8 Å². The van der Waals surface area contributed by atoms with Gasteiger partial charge >= 0.3 is 0 Å². The smallest absolute Gasteiger partial charge is 0.251 e. The van der Waals surface area contributed by atoms with Crippen molar-refractivity contribution in [2.45, 2.75) is 30.6 Å². The van der Waals surface area contributed by atoms with Gasteiger partial charge in [-0.3, -0.25) is 4.79 Å². The second kappa shape index (κ2) is 6.14. The van der Waals surface area contributed by atoms with Crippen LogP contribution in [-0.2, 0) is 0 Å². The first-order chi connectivity index (χ1) is 8.70. The molecule has 4 heteroatoms. The van der Waals surface area contributed by atoms with Gasteiger partial charge in [0.1, 0.15) is 0 Å². The lowest BCUT2D eigenvalue weighted by atomic mass is 10.1. The maximum Gasteiger partial charge on any atom is 0.251 e. The van der Waals surface area contributed by atoms with E-state index in [-0.39, 0.29) is 5.91 Å². The number of amides is 1. The van der Waals surface area contributed by atoms with Crippen molar-refractivity contribution in [3.8, 4) is 0 Å². The molecular formula is C14H20N2OS. The van der Waals surface area contributed by atoms with E-state index < -0.39 is 0 Å². The van der Waals surface area contributed by atoms with Crippen molar-refractivity contribution in [3.63, 3.8) is 0 Å². The summed E-state index contributed by atoms with van der Waals surface area (Å²) in [6, 6.07) is 5.49. The van der Waals surface area contributed by atoms with Crippen LogP contribution in [0.4, 0.5) is 5.69 Å². The molecule has 0 radical (unpaired) electrons. The molecule has 0 bridgehead atoms. The summed E-state index contributed by atoms with van der Waals surface area (Å²) >= 11 is 1.78. The fourth-order valence-corrected chi connectivity index (χ4v) is 3.52. The fraction of sp³-hybridized carbons (Fsp3) is 0.500. The van der Waals surface area contributed by atoms with Gasteiger partial charge in [0, 0.05) is 28.9 Å². The first-order valence-electron chi connectivity index (χ1n) is 6.45. The Morgan fingerprint density at radius 3 is 2.83 bits per heavy atom. The summed E-state index contributed by atoms with van der Waals surface area (Å²) in [6.45, 7) is 0. The number of benzene rings is 1. The molecule has 3 N–H and O–H groups in total. The van der Waals surface area contributed by atoms with Crippen molar-refractivity contribution in [1.82, 2.24) is 5.32 Å². The highest BCUT2D eigenvalue weighted by atomic mass is 32.2. The third-order valence-electron chi connectivity index (χ3n) is 3.45. The maximum atomic E-state index is 11.6. The number of nitrogens with one attached hydrogen (secondary N) is 1. The minimum atomic E-state index is -0.0577. The van der Waals surface area contributed by atoms with E-state index in [1.165, 1.54) is 25.7 Å². The lowest BCUT2D eigenvalue weighted by Crippen LogP contribution is -2.17. The SMILES string of the molecule is CNC(=O)c1ccc(N)c(SCC2CCCC2)c1. The van der Waals surface area contributed by atoms with Gasteiger partial charge in [-0.1, -0.05) is 12.8 Å². The number of thioether (sulfide) groups is 1. The molecule has 1 amide bonds. The number of carbonyl (C=O) groups is 1. The molecule has 0 saturated heterocycles. The molecule has 1 aliphatic rings. The lowest BCUT2D eigenvalue weighted by Gasteiger charge is -2.11. The standard InChI is InChI=1S/C14H20N2OS/c1-16-14(17)11-6-7-12(15)13(8-11)18-9-10-4-2-3-5-10/h6-8,10H,2-5,9,15H2,1H3,(H,16,17). The van der Waals surface area contributed by atoms with Crippen LogP contribution in [0, 0.1) is 5.92 Å². The molecule has 0 unspecified atom stereocenters. The minimum Gasteiger partial charge on any atom is -0.398 e. The van der Waals surface area contributed by atoms with Gasteiger partial charge in [-0.25, -0.2) is 0 Å². The van der Waals surface area contributed by atoms with Crippen LogP contribution in [0.2, 0.25) is 0 Å². The Kier molecular flexibility index (Phi) is 4.53. The number of hydrogen-bond acceptors (Lipinski definition) is 3. The molecule has 1 fully saturated rings. The van der Waals surface area contributed by atoms with Gasteiger partial charge < -0.3 is 11.1 Å². The third-order valence-corrected chi connectivity index (χ3v) is 4.75. The number of nitrogens with two attached hydrogens (primary N) is 1. The predicted octanol–water partition coefficient (Wildman–Crippen LogP) is 2.91. The van der Waals surface area contributed by atoms with Crippen molar-refractivity contribution in [2.75, 3.05) is 18.5 Å². The Hall–Kier alpha value is -1.16. The lowest BCUT2D eigenvalue weighted by molar-refractivity contribution is 0.0963. The summed E-state index contributed by atoms with van der Waals surface area (Å²) < 4.78 is 0. The van der Waals surface area contributed by atoms with Crippen LogP contribution in [0.25, 0.3) is 0 Å². The van der Waals surface area contributed by atoms with E-state index in [0.717, 1.165) is 22.3 Å². The van der Waals surface area contributed by atoms with E-state index in [1.54, 1.807) is 24.9 Å². The Labute approximate surface area is 113 Å². The molecule has 98 valence electrons. The third kappa shape index (κ3) is 3.19. The maximum absolute atomic E-state index is 11.6. The highest BCUT2D eigenvalue weighted by molar-refractivity contribution is 7.99. The molecule has 1 aromatic rings. The van der Waals surface area contributed by atoms with Crippen molar-refractivity contribution in [3.05, 3.63) is 23.8 Å². The Morgan fingerprint density at radius 2 is 2.17 bits per heavy atom. The van der Waals surface area contributed by atoms with Gasteiger partial charge in [0.15, 0.2) is 0 Å². The average molecular weight is 264 g/mol. The summed E-state index contributed by atoms with van der Waals surface area (Å²) in [5.41, 5.74) is 7.41. The molecule has 0 heterocycles. The molecular weight excluding hydrogens is 244 g/mol. The molecule has 3 nitrogen and oxygen atoms in total. The highest BCUT2D eigenvalue weighted by Crippen LogP contribution is 2.33. The molecule has 1 aromatic carbocycles. The molecule has 0 spiro atoms. The van der Waals surface area contributed by atoms with Crippen LogP contribution in [0.1, 0.15) is 36.0 Å².